The molecule has 0 aliphatic rings. The molecule has 0 fully saturated rings. The molecular weight excluding hydrogens is 268 g/mol. The minimum Gasteiger partial charge on any atom is -0.395 e. The van der Waals surface area contributed by atoms with Crippen molar-refractivity contribution in [3.8, 4) is 0 Å². The van der Waals surface area contributed by atoms with Crippen LogP contribution < -0.4 is 4.90 Å². The minimum absolute atomic E-state index is 0.0428. The van der Waals surface area contributed by atoms with Gasteiger partial charge in [0.2, 0.25) is 0 Å². The van der Waals surface area contributed by atoms with Gasteiger partial charge in [0.25, 0.3) is 0 Å². The van der Waals surface area contributed by atoms with E-state index in [4.69, 9.17) is 10.2 Å². The van der Waals surface area contributed by atoms with Crippen LogP contribution in [-0.2, 0) is 0 Å². The third kappa shape index (κ3) is 4.62. The quantitative estimate of drug-likeness (QED) is 0.765. The van der Waals surface area contributed by atoms with Crippen LogP contribution in [-0.4, -0.2) is 41.5 Å². The molecule has 1 aromatic carbocycles. The molecule has 6 nitrogen and oxygen atoms in total. The van der Waals surface area contributed by atoms with Crippen LogP contribution >= 0.6 is 0 Å². The summed E-state index contributed by atoms with van der Waals surface area (Å²) < 4.78 is 0. The monoisotopic (exact) mass is 286 g/mol. The highest BCUT2D eigenvalue weighted by Crippen LogP contribution is 2.21. The highest BCUT2D eigenvalue weighted by Gasteiger charge is 2.04. The largest absolute Gasteiger partial charge is 0.395 e. The zero-order valence-corrected chi connectivity index (χ0v) is 11.6. The van der Waals surface area contributed by atoms with Gasteiger partial charge in [-0.15, -0.1) is 10.2 Å². The van der Waals surface area contributed by atoms with E-state index in [1.165, 1.54) is 0 Å². The van der Waals surface area contributed by atoms with E-state index in [2.05, 4.69) is 15.2 Å². The van der Waals surface area contributed by atoms with Crippen molar-refractivity contribution in [2.45, 2.75) is 0 Å². The average Bonchev–Trinajstić information content (AvgIpc) is 2.54. The molecule has 0 spiro atoms. The van der Waals surface area contributed by atoms with Gasteiger partial charge < -0.3 is 15.1 Å². The number of azo groups is 1. The summed E-state index contributed by atoms with van der Waals surface area (Å²) >= 11 is 0. The highest BCUT2D eigenvalue weighted by atomic mass is 16.3. The number of aliphatic hydroxyl groups excluding tert-OH is 2. The van der Waals surface area contributed by atoms with Gasteiger partial charge in [0.15, 0.2) is 5.82 Å². The Morgan fingerprint density at radius 2 is 1.62 bits per heavy atom. The van der Waals surface area contributed by atoms with E-state index in [0.29, 0.717) is 18.9 Å². The maximum Gasteiger partial charge on any atom is 0.174 e. The topological polar surface area (TPSA) is 81.3 Å². The lowest BCUT2D eigenvalue weighted by molar-refractivity contribution is 0.281. The van der Waals surface area contributed by atoms with Gasteiger partial charge in [0, 0.05) is 25.0 Å². The van der Waals surface area contributed by atoms with Crippen LogP contribution in [0.2, 0.25) is 0 Å². The van der Waals surface area contributed by atoms with Crippen molar-refractivity contribution in [1.29, 1.82) is 0 Å². The molecule has 21 heavy (non-hydrogen) atoms. The fourth-order valence-corrected chi connectivity index (χ4v) is 1.86. The molecule has 2 rings (SSSR count). The lowest BCUT2D eigenvalue weighted by Gasteiger charge is -2.22. The standard InChI is InChI=1S/C15H18N4O2/c20-11-9-19(10-12-21)14-6-4-13(5-7-14)17-18-15-3-1-2-8-16-15/h1-8,20-21H,9-12H2. The summed E-state index contributed by atoms with van der Waals surface area (Å²) in [6, 6.07) is 12.9. The third-order valence-corrected chi connectivity index (χ3v) is 2.87. The molecule has 0 aliphatic heterocycles. The van der Waals surface area contributed by atoms with E-state index in [0.717, 1.165) is 11.4 Å². The van der Waals surface area contributed by atoms with Gasteiger partial charge in [0.05, 0.1) is 18.9 Å². The Morgan fingerprint density at radius 3 is 2.19 bits per heavy atom. The van der Waals surface area contributed by atoms with Crippen molar-refractivity contribution in [2.75, 3.05) is 31.2 Å². The van der Waals surface area contributed by atoms with E-state index in [1.807, 2.05) is 41.3 Å². The number of pyridine rings is 1. The molecule has 1 heterocycles. The first kappa shape index (κ1) is 15.1. The molecule has 0 saturated heterocycles. The Hall–Kier alpha value is -2.31. The summed E-state index contributed by atoms with van der Waals surface area (Å²) in [6.45, 7) is 1.05. The molecule has 0 aliphatic carbocycles. The van der Waals surface area contributed by atoms with Gasteiger partial charge in [-0.2, -0.15) is 0 Å². The molecule has 2 aromatic rings. The van der Waals surface area contributed by atoms with Crippen LogP contribution in [0.1, 0.15) is 0 Å². The molecular formula is C15H18N4O2. The molecule has 6 heteroatoms. The van der Waals surface area contributed by atoms with Crippen LogP contribution in [0.4, 0.5) is 17.2 Å². The fraction of sp³-hybridized carbons (Fsp3) is 0.267. The van der Waals surface area contributed by atoms with Crippen molar-refractivity contribution < 1.29 is 10.2 Å². The van der Waals surface area contributed by atoms with E-state index in [-0.39, 0.29) is 13.2 Å². The van der Waals surface area contributed by atoms with E-state index < -0.39 is 0 Å². The molecule has 0 unspecified atom stereocenters. The number of aromatic nitrogens is 1. The van der Waals surface area contributed by atoms with E-state index in [9.17, 15) is 0 Å². The number of anilines is 1. The Balaban J connectivity index is 2.06. The number of benzene rings is 1. The van der Waals surface area contributed by atoms with Crippen LogP contribution in [0.5, 0.6) is 0 Å². The zero-order valence-electron chi connectivity index (χ0n) is 11.6. The first-order valence-electron chi connectivity index (χ1n) is 6.73. The number of rotatable bonds is 7. The molecule has 2 N–H and O–H groups in total. The first-order chi connectivity index (χ1) is 10.3. The molecule has 0 amide bonds. The average molecular weight is 286 g/mol. The summed E-state index contributed by atoms with van der Waals surface area (Å²) in [6.07, 6.45) is 1.67. The van der Waals surface area contributed by atoms with Gasteiger partial charge in [-0.05, 0) is 36.4 Å². The van der Waals surface area contributed by atoms with Crippen LogP contribution in [0, 0.1) is 0 Å². The van der Waals surface area contributed by atoms with Crippen molar-refractivity contribution in [3.05, 3.63) is 48.7 Å². The van der Waals surface area contributed by atoms with Crippen LogP contribution in [0.25, 0.3) is 0 Å². The molecule has 1 aromatic heterocycles. The predicted octanol–water partition coefficient (Wildman–Crippen LogP) is 2.29. The Morgan fingerprint density at radius 1 is 0.905 bits per heavy atom. The van der Waals surface area contributed by atoms with Crippen molar-refractivity contribution in [3.63, 3.8) is 0 Å². The first-order valence-corrected chi connectivity index (χ1v) is 6.73. The highest BCUT2D eigenvalue weighted by molar-refractivity contribution is 5.52. The second-order valence-corrected chi connectivity index (χ2v) is 4.34. The summed E-state index contributed by atoms with van der Waals surface area (Å²) in [4.78, 5) is 5.97. The number of aliphatic hydroxyl groups is 2. The maximum atomic E-state index is 9.03. The number of hydrogen-bond donors (Lipinski definition) is 2. The van der Waals surface area contributed by atoms with Gasteiger partial charge in [-0.1, -0.05) is 6.07 Å². The molecule has 0 atom stereocenters. The van der Waals surface area contributed by atoms with Gasteiger partial charge in [-0.25, -0.2) is 4.98 Å². The summed E-state index contributed by atoms with van der Waals surface area (Å²) in [7, 11) is 0. The SMILES string of the molecule is OCCN(CCO)c1ccc(N=Nc2ccccn2)cc1. The predicted molar refractivity (Wildman–Crippen MR) is 81.2 cm³/mol. The summed E-state index contributed by atoms with van der Waals surface area (Å²) in [5.74, 6) is 0.559. The molecule has 0 bridgehead atoms. The summed E-state index contributed by atoms with van der Waals surface area (Å²) in [5.41, 5.74) is 1.65. The molecule has 0 saturated carbocycles. The van der Waals surface area contributed by atoms with Crippen molar-refractivity contribution >= 4 is 17.2 Å². The zero-order chi connectivity index (χ0) is 14.9. The Bertz CT molecular complexity index is 552. The third-order valence-electron chi connectivity index (χ3n) is 2.87. The Kier molecular flexibility index (Phi) is 5.81. The van der Waals surface area contributed by atoms with E-state index in [1.54, 1.807) is 12.3 Å². The summed E-state index contributed by atoms with van der Waals surface area (Å²) in [5, 5.41) is 26.2. The number of nitrogens with zero attached hydrogens (tertiary/aromatic N) is 4. The lowest BCUT2D eigenvalue weighted by atomic mass is 10.2. The van der Waals surface area contributed by atoms with Crippen molar-refractivity contribution in [1.82, 2.24) is 4.98 Å². The maximum absolute atomic E-state index is 9.03. The minimum atomic E-state index is 0.0428. The van der Waals surface area contributed by atoms with Crippen molar-refractivity contribution in [2.24, 2.45) is 10.2 Å². The molecule has 110 valence electrons. The van der Waals surface area contributed by atoms with Gasteiger partial charge in [0.1, 0.15) is 0 Å². The number of hydrogen-bond acceptors (Lipinski definition) is 6. The Labute approximate surface area is 123 Å². The van der Waals surface area contributed by atoms with Gasteiger partial charge >= 0.3 is 0 Å². The second kappa shape index (κ2) is 8.08. The second-order valence-electron chi connectivity index (χ2n) is 4.34. The smallest absolute Gasteiger partial charge is 0.174 e. The van der Waals surface area contributed by atoms with Gasteiger partial charge in [-0.3, -0.25) is 0 Å². The molecule has 0 radical (unpaired) electrons. The normalized spacial score (nSPS) is 11.0. The van der Waals surface area contributed by atoms with Crippen LogP contribution in [0.3, 0.4) is 0 Å². The fourth-order valence-electron chi connectivity index (χ4n) is 1.86. The van der Waals surface area contributed by atoms with Crippen LogP contribution in [0.15, 0.2) is 58.9 Å². The van der Waals surface area contributed by atoms with E-state index >= 15 is 0 Å². The lowest BCUT2D eigenvalue weighted by Crippen LogP contribution is -2.29.